The van der Waals surface area contributed by atoms with Gasteiger partial charge in [0.25, 0.3) is 0 Å². The number of carbonyl (C=O) groups is 1. The number of nitrogens with one attached hydrogen (secondary N) is 1. The summed E-state index contributed by atoms with van der Waals surface area (Å²) in [5.41, 5.74) is 3.29. The van der Waals surface area contributed by atoms with Gasteiger partial charge in [0.15, 0.2) is 5.13 Å². The fraction of sp³-hybridized carbons (Fsp3) is 0.304. The molecule has 5 nitrogen and oxygen atoms in total. The molecular formula is C23H27N3O2S. The Kier molecular flexibility index (Phi) is 3.47. The van der Waals surface area contributed by atoms with Crippen molar-refractivity contribution in [3.63, 3.8) is 0 Å². The molecule has 0 aliphatic heterocycles. The maximum Gasteiger partial charge on any atom is 0.230 e. The van der Waals surface area contributed by atoms with Gasteiger partial charge < -0.3 is 16.2 Å². The van der Waals surface area contributed by atoms with Gasteiger partial charge in [-0.1, -0.05) is 48.2 Å². The molecule has 0 unspecified atom stereocenters. The SMILES string of the molecule is [2H]c1c([2H])c([C@@]([2H])(O)CCCC([2H])([2H])c2c([2H])c([2H])c(NC(=O)C([2H])([2H])c3csc(N)n3)c([2H])c2[2H])c([2H])c([2H])c1C. The van der Waals surface area contributed by atoms with Crippen LogP contribution in [0.1, 0.15) is 65.5 Å². The maximum atomic E-state index is 12.7. The van der Waals surface area contributed by atoms with Gasteiger partial charge >= 0.3 is 0 Å². The smallest absolute Gasteiger partial charge is 0.230 e. The van der Waals surface area contributed by atoms with Crippen molar-refractivity contribution in [3.8, 4) is 0 Å². The van der Waals surface area contributed by atoms with E-state index in [4.69, 9.17) is 23.6 Å². The third-order valence-corrected chi connectivity index (χ3v) is 4.23. The zero-order valence-corrected chi connectivity index (χ0v) is 16.3. The van der Waals surface area contributed by atoms with Crippen molar-refractivity contribution in [2.75, 3.05) is 11.1 Å². The summed E-state index contributed by atoms with van der Waals surface area (Å²) in [5, 5.41) is 14.0. The highest BCUT2D eigenvalue weighted by molar-refractivity contribution is 7.13. The standard InChI is InChI=1S/C23H27N3O2S/c1-16-6-10-18(11-7-16)21(27)5-3-2-4-17-8-12-19(13-9-17)25-22(28)14-20-15-29-23(24)26-20/h6-13,15,21,27H,2-5,14H2,1H3,(H2,24,26)(H,25,28)/t21-/m0/s1/i4D2,6D,7D,8D,9D,10D,11D,12D,13D,14D2,21D. The van der Waals surface area contributed by atoms with Crippen LogP contribution >= 0.6 is 11.3 Å². The molecule has 1 amide bonds. The number of aromatic nitrogens is 1. The monoisotopic (exact) mass is 422 g/mol. The maximum absolute atomic E-state index is 12.7. The largest absolute Gasteiger partial charge is 0.388 e. The van der Waals surface area contributed by atoms with Crippen LogP contribution in [0.5, 0.6) is 0 Å². The molecule has 0 spiro atoms. The van der Waals surface area contributed by atoms with Crippen molar-refractivity contribution < 1.29 is 27.7 Å². The van der Waals surface area contributed by atoms with Crippen LogP contribution in [0, 0.1) is 6.92 Å². The van der Waals surface area contributed by atoms with Gasteiger partial charge in [0.05, 0.1) is 30.5 Å². The average Bonchev–Trinajstić information content (AvgIpc) is 3.34. The van der Waals surface area contributed by atoms with E-state index in [-0.39, 0.29) is 22.8 Å². The molecule has 0 saturated heterocycles. The van der Waals surface area contributed by atoms with Gasteiger partial charge in [-0.3, -0.25) is 4.79 Å². The van der Waals surface area contributed by atoms with Crippen LogP contribution in [0.3, 0.4) is 0 Å². The summed E-state index contributed by atoms with van der Waals surface area (Å²) in [6.45, 7) is 1.37. The molecule has 0 aliphatic rings. The van der Waals surface area contributed by atoms with E-state index < -0.39 is 103 Å². The molecule has 1 atom stereocenters. The first kappa shape index (κ1) is 9.87. The number of anilines is 2. The molecule has 2 aromatic carbocycles. The van der Waals surface area contributed by atoms with Gasteiger partial charge in [-0.05, 0) is 49.4 Å². The summed E-state index contributed by atoms with van der Waals surface area (Å²) in [5.74, 6) is -1.34. The number of amides is 1. The van der Waals surface area contributed by atoms with E-state index in [0.717, 1.165) is 11.3 Å². The Bertz CT molecular complexity index is 1500. The minimum absolute atomic E-state index is 0.00257. The number of benzene rings is 2. The number of nitrogens with two attached hydrogens (primary N) is 1. The number of thiazole rings is 1. The molecule has 0 saturated carbocycles. The quantitative estimate of drug-likeness (QED) is 0.468. The summed E-state index contributed by atoms with van der Waals surface area (Å²) >= 11 is 0.889. The first-order chi connectivity index (χ1) is 19.2. The number of aliphatic hydroxyl groups is 1. The van der Waals surface area contributed by atoms with Crippen LogP contribution in [0.25, 0.3) is 0 Å². The summed E-state index contributed by atoms with van der Waals surface area (Å²) in [6.07, 6.45) is -9.29. The highest BCUT2D eigenvalue weighted by atomic mass is 32.1. The second-order valence-electron chi connectivity index (χ2n) is 5.88. The molecule has 152 valence electrons. The Morgan fingerprint density at radius 3 is 2.66 bits per heavy atom. The van der Waals surface area contributed by atoms with E-state index in [2.05, 4.69) is 4.98 Å². The lowest BCUT2D eigenvalue weighted by molar-refractivity contribution is -0.115. The zero-order valence-electron chi connectivity index (χ0n) is 28.5. The Hall–Kier alpha value is -2.70. The summed E-state index contributed by atoms with van der Waals surface area (Å²) in [7, 11) is 0. The summed E-state index contributed by atoms with van der Waals surface area (Å²) in [4.78, 5) is 16.4. The third-order valence-electron chi connectivity index (χ3n) is 3.56. The highest BCUT2D eigenvalue weighted by Crippen LogP contribution is 2.21. The Balaban J connectivity index is 1.88. The van der Waals surface area contributed by atoms with Crippen molar-refractivity contribution in [1.29, 1.82) is 0 Å². The van der Waals surface area contributed by atoms with Gasteiger partial charge in [0.1, 0.15) is 0 Å². The fourth-order valence-corrected chi connectivity index (χ4v) is 2.68. The van der Waals surface area contributed by atoms with Crippen molar-refractivity contribution in [2.24, 2.45) is 0 Å². The minimum atomic E-state index is -2.74. The van der Waals surface area contributed by atoms with Crippen LogP contribution in [0.2, 0.25) is 0 Å². The van der Waals surface area contributed by atoms with Gasteiger partial charge in [-0.2, -0.15) is 0 Å². The number of hydrogen-bond donors (Lipinski definition) is 3. The molecule has 0 fully saturated rings. The predicted octanol–water partition coefficient (Wildman–Crippen LogP) is 4.66. The van der Waals surface area contributed by atoms with Crippen molar-refractivity contribution in [1.82, 2.24) is 4.98 Å². The van der Waals surface area contributed by atoms with Gasteiger partial charge in [-0.25, -0.2) is 4.98 Å². The lowest BCUT2D eigenvalue weighted by atomic mass is 10.0. The number of hydrogen-bond acceptors (Lipinski definition) is 5. The first-order valence-corrected chi connectivity index (χ1v) is 9.48. The molecule has 0 bridgehead atoms. The van der Waals surface area contributed by atoms with E-state index >= 15 is 0 Å². The Morgan fingerprint density at radius 2 is 2.00 bits per heavy atom. The van der Waals surface area contributed by atoms with E-state index in [1.807, 2.05) is 5.32 Å². The molecule has 29 heavy (non-hydrogen) atoms. The summed E-state index contributed by atoms with van der Waals surface area (Å²) in [6, 6.07) is -5.40. The Labute approximate surface area is 193 Å². The minimum Gasteiger partial charge on any atom is -0.388 e. The normalized spacial score (nSPS) is 20.4. The molecule has 3 rings (SSSR count). The topological polar surface area (TPSA) is 88.2 Å². The number of rotatable bonds is 9. The fourth-order valence-electron chi connectivity index (χ4n) is 2.18. The molecular weight excluding hydrogens is 382 g/mol. The highest BCUT2D eigenvalue weighted by Gasteiger charge is 2.08. The molecule has 1 aromatic heterocycles. The van der Waals surface area contributed by atoms with Crippen LogP contribution in [0.15, 0.2) is 53.7 Å². The second-order valence-corrected chi connectivity index (χ2v) is 6.77. The molecule has 3 aromatic rings. The van der Waals surface area contributed by atoms with Crippen LogP contribution < -0.4 is 11.1 Å². The molecule has 4 N–H and O–H groups in total. The lowest BCUT2D eigenvalue weighted by Crippen LogP contribution is -2.14. The molecule has 0 radical (unpaired) electrons. The average molecular weight is 423 g/mol. The van der Waals surface area contributed by atoms with E-state index in [9.17, 15) is 9.90 Å². The number of carbonyl (C=O) groups excluding carboxylic acids is 1. The van der Waals surface area contributed by atoms with Crippen molar-refractivity contribution in [2.45, 2.75) is 45.0 Å². The number of nitrogens with zero attached hydrogens (tertiary/aromatic N) is 1. The van der Waals surface area contributed by atoms with Crippen molar-refractivity contribution in [3.05, 3.63) is 76.1 Å². The van der Waals surface area contributed by atoms with E-state index in [1.54, 1.807) is 0 Å². The molecule has 1 heterocycles. The van der Waals surface area contributed by atoms with Crippen LogP contribution in [-0.4, -0.2) is 16.0 Å². The van der Waals surface area contributed by atoms with Gasteiger partial charge in [0, 0.05) is 16.6 Å². The Morgan fingerprint density at radius 1 is 1.28 bits per heavy atom. The predicted molar refractivity (Wildman–Crippen MR) is 119 cm³/mol. The van der Waals surface area contributed by atoms with Crippen LogP contribution in [-0.2, 0) is 17.5 Å². The van der Waals surface area contributed by atoms with E-state index in [0.29, 0.717) is 0 Å². The zero-order chi connectivity index (χ0) is 32.1. The van der Waals surface area contributed by atoms with Crippen molar-refractivity contribution >= 4 is 28.1 Å². The summed E-state index contributed by atoms with van der Waals surface area (Å²) < 4.78 is 107. The van der Waals surface area contributed by atoms with E-state index in [1.165, 1.54) is 12.3 Å². The van der Waals surface area contributed by atoms with Gasteiger partial charge in [0.2, 0.25) is 5.91 Å². The third kappa shape index (κ3) is 6.69. The molecule has 0 aliphatic carbocycles. The lowest BCUT2D eigenvalue weighted by Gasteiger charge is -2.11. The number of nitrogen functional groups attached to an aromatic ring is 1. The van der Waals surface area contributed by atoms with Crippen LogP contribution in [0.4, 0.5) is 10.8 Å². The first-order valence-electron chi connectivity index (χ1n) is 15.1. The second kappa shape index (κ2) is 10.2. The molecule has 6 heteroatoms. The van der Waals surface area contributed by atoms with Gasteiger partial charge in [-0.15, -0.1) is 11.3 Å².